The standard InChI is InChI=1S/C25H37N3O8/c1-15(2)20(23(32)33)28-22(31)18(12-13-19(29)36-25(4,5)6)27-21(30)16(3)26-24(34)35-14-17-10-8-7-9-11-17/h7-11,15-16,18,20H,12-14H2,1-6H3,(H,26,34)(H,27,30)(H,28,31)(H,32,33)/t16-,18-,20?/m0/s1. The molecule has 0 aliphatic rings. The molecule has 4 N–H and O–H groups in total. The van der Waals surface area contributed by atoms with Crippen LogP contribution in [-0.2, 0) is 35.3 Å². The van der Waals surface area contributed by atoms with Crippen LogP contribution in [-0.4, -0.2) is 58.7 Å². The highest BCUT2D eigenvalue weighted by Gasteiger charge is 2.30. The van der Waals surface area contributed by atoms with E-state index in [0.717, 1.165) is 5.56 Å². The van der Waals surface area contributed by atoms with Crippen LogP contribution in [0.5, 0.6) is 0 Å². The molecule has 1 aromatic carbocycles. The van der Waals surface area contributed by atoms with Gasteiger partial charge in [-0.3, -0.25) is 14.4 Å². The van der Waals surface area contributed by atoms with Crippen LogP contribution in [0.4, 0.5) is 4.79 Å². The lowest BCUT2D eigenvalue weighted by Crippen LogP contribution is -2.56. The number of carboxylic acid groups (broad SMARTS) is 1. The quantitative estimate of drug-likeness (QED) is 0.313. The van der Waals surface area contributed by atoms with E-state index in [9.17, 15) is 29.1 Å². The number of benzene rings is 1. The first-order chi connectivity index (χ1) is 16.7. The fourth-order valence-electron chi connectivity index (χ4n) is 2.99. The molecule has 0 aliphatic heterocycles. The SMILES string of the molecule is CC(C)C(NC(=O)[C@H](CCC(=O)OC(C)(C)C)NC(=O)[C@H](C)NC(=O)OCc1ccccc1)C(=O)O. The van der Waals surface area contributed by atoms with E-state index in [1.807, 2.05) is 6.07 Å². The maximum atomic E-state index is 12.8. The number of nitrogens with one attached hydrogen (secondary N) is 3. The van der Waals surface area contributed by atoms with E-state index < -0.39 is 59.5 Å². The van der Waals surface area contributed by atoms with Crippen molar-refractivity contribution in [2.75, 3.05) is 0 Å². The van der Waals surface area contributed by atoms with Gasteiger partial charge < -0.3 is 30.5 Å². The second kappa shape index (κ2) is 14.1. The van der Waals surface area contributed by atoms with Gasteiger partial charge in [0.05, 0.1) is 0 Å². The number of alkyl carbamates (subject to hydrolysis) is 1. The van der Waals surface area contributed by atoms with Crippen molar-refractivity contribution in [3.05, 3.63) is 35.9 Å². The van der Waals surface area contributed by atoms with Crippen molar-refractivity contribution in [2.24, 2.45) is 5.92 Å². The fraction of sp³-hybridized carbons (Fsp3) is 0.560. The zero-order valence-electron chi connectivity index (χ0n) is 21.6. The average molecular weight is 508 g/mol. The molecular weight excluding hydrogens is 470 g/mol. The first-order valence-corrected chi connectivity index (χ1v) is 11.7. The molecule has 1 unspecified atom stereocenters. The number of ether oxygens (including phenoxy) is 2. The van der Waals surface area contributed by atoms with Crippen LogP contribution in [0.3, 0.4) is 0 Å². The molecule has 0 bridgehead atoms. The Morgan fingerprint density at radius 1 is 0.917 bits per heavy atom. The van der Waals surface area contributed by atoms with Crippen molar-refractivity contribution in [1.82, 2.24) is 16.0 Å². The largest absolute Gasteiger partial charge is 0.480 e. The van der Waals surface area contributed by atoms with Crippen molar-refractivity contribution >= 4 is 29.8 Å². The molecule has 0 saturated carbocycles. The Balaban J connectivity index is 2.81. The maximum absolute atomic E-state index is 12.8. The molecular formula is C25H37N3O8. The molecule has 11 heteroatoms. The summed E-state index contributed by atoms with van der Waals surface area (Å²) in [5.74, 6) is -3.72. The predicted octanol–water partition coefficient (Wildman–Crippen LogP) is 2.13. The molecule has 0 saturated heterocycles. The third-order valence-electron chi connectivity index (χ3n) is 4.86. The highest BCUT2D eigenvalue weighted by molar-refractivity contribution is 5.93. The smallest absolute Gasteiger partial charge is 0.408 e. The minimum absolute atomic E-state index is 0.00765. The van der Waals surface area contributed by atoms with Crippen LogP contribution in [0, 0.1) is 5.92 Å². The number of amides is 3. The Kier molecular flexibility index (Phi) is 11.9. The van der Waals surface area contributed by atoms with E-state index in [0.29, 0.717) is 0 Å². The number of esters is 1. The summed E-state index contributed by atoms with van der Waals surface area (Å²) in [4.78, 5) is 61.3. The predicted molar refractivity (Wildman–Crippen MR) is 131 cm³/mol. The number of hydrogen-bond donors (Lipinski definition) is 4. The van der Waals surface area contributed by atoms with Crippen molar-refractivity contribution in [1.29, 1.82) is 0 Å². The molecule has 11 nitrogen and oxygen atoms in total. The molecule has 0 heterocycles. The molecule has 0 spiro atoms. The summed E-state index contributed by atoms with van der Waals surface area (Å²) in [6.45, 7) is 9.74. The van der Waals surface area contributed by atoms with Crippen molar-refractivity contribution < 1.29 is 38.6 Å². The topological polar surface area (TPSA) is 160 Å². The summed E-state index contributed by atoms with van der Waals surface area (Å²) >= 11 is 0. The molecule has 3 atom stereocenters. The third-order valence-corrected chi connectivity index (χ3v) is 4.86. The van der Waals surface area contributed by atoms with Gasteiger partial charge in [-0.2, -0.15) is 0 Å². The number of aliphatic carboxylic acids is 1. The van der Waals surface area contributed by atoms with Gasteiger partial charge in [0, 0.05) is 6.42 Å². The molecule has 0 aromatic heterocycles. The van der Waals surface area contributed by atoms with Crippen LogP contribution in [0.15, 0.2) is 30.3 Å². The molecule has 36 heavy (non-hydrogen) atoms. The lowest BCUT2D eigenvalue weighted by atomic mass is 10.0. The van der Waals surface area contributed by atoms with Gasteiger partial charge in [0.2, 0.25) is 11.8 Å². The number of carboxylic acids is 1. The molecule has 1 aromatic rings. The van der Waals surface area contributed by atoms with Gasteiger partial charge in [0.15, 0.2) is 0 Å². The van der Waals surface area contributed by atoms with E-state index >= 15 is 0 Å². The van der Waals surface area contributed by atoms with Crippen LogP contribution >= 0.6 is 0 Å². The van der Waals surface area contributed by atoms with Gasteiger partial charge in [-0.25, -0.2) is 9.59 Å². The molecule has 3 amide bonds. The Morgan fingerprint density at radius 2 is 1.53 bits per heavy atom. The van der Waals surface area contributed by atoms with E-state index in [1.54, 1.807) is 58.9 Å². The Morgan fingerprint density at radius 3 is 2.06 bits per heavy atom. The van der Waals surface area contributed by atoms with Gasteiger partial charge in [-0.1, -0.05) is 44.2 Å². The minimum Gasteiger partial charge on any atom is -0.480 e. The highest BCUT2D eigenvalue weighted by Crippen LogP contribution is 2.11. The highest BCUT2D eigenvalue weighted by atomic mass is 16.6. The Bertz CT molecular complexity index is 912. The number of rotatable bonds is 12. The summed E-state index contributed by atoms with van der Waals surface area (Å²) in [6.07, 6.45) is -1.17. The first-order valence-electron chi connectivity index (χ1n) is 11.7. The number of carbonyl (C=O) groups is 5. The van der Waals surface area contributed by atoms with Gasteiger partial charge in [0.25, 0.3) is 0 Å². The second-order valence-electron chi connectivity index (χ2n) is 9.68. The molecule has 0 fully saturated rings. The fourth-order valence-corrected chi connectivity index (χ4v) is 2.99. The van der Waals surface area contributed by atoms with Crippen LogP contribution < -0.4 is 16.0 Å². The lowest BCUT2D eigenvalue weighted by Gasteiger charge is -2.25. The van der Waals surface area contributed by atoms with Crippen molar-refractivity contribution in [3.8, 4) is 0 Å². The van der Waals surface area contributed by atoms with E-state index in [2.05, 4.69) is 16.0 Å². The lowest BCUT2D eigenvalue weighted by molar-refractivity contribution is -0.155. The maximum Gasteiger partial charge on any atom is 0.408 e. The Hall–Kier alpha value is -3.63. The van der Waals surface area contributed by atoms with Crippen molar-refractivity contribution in [2.45, 2.75) is 84.7 Å². The second-order valence-corrected chi connectivity index (χ2v) is 9.68. The van der Waals surface area contributed by atoms with E-state index in [1.165, 1.54) is 6.92 Å². The van der Waals surface area contributed by atoms with Crippen LogP contribution in [0.25, 0.3) is 0 Å². The third kappa shape index (κ3) is 11.7. The summed E-state index contributed by atoms with van der Waals surface area (Å²) < 4.78 is 10.3. The number of carbonyl (C=O) groups excluding carboxylic acids is 4. The van der Waals surface area contributed by atoms with Gasteiger partial charge >= 0.3 is 18.0 Å². The first kappa shape index (κ1) is 30.4. The zero-order chi connectivity index (χ0) is 27.5. The van der Waals surface area contributed by atoms with Crippen LogP contribution in [0.1, 0.15) is 59.9 Å². The summed E-state index contributed by atoms with van der Waals surface area (Å²) in [6, 6.07) is 5.46. The molecule has 200 valence electrons. The number of hydrogen-bond acceptors (Lipinski definition) is 7. The summed E-state index contributed by atoms with van der Waals surface area (Å²) in [5.41, 5.74) is 0.0321. The van der Waals surface area contributed by atoms with Gasteiger partial charge in [-0.05, 0) is 45.6 Å². The van der Waals surface area contributed by atoms with E-state index in [-0.39, 0.29) is 19.4 Å². The summed E-state index contributed by atoms with van der Waals surface area (Å²) in [5, 5.41) is 16.6. The minimum atomic E-state index is -1.24. The molecule has 1 rings (SSSR count). The zero-order valence-corrected chi connectivity index (χ0v) is 21.6. The van der Waals surface area contributed by atoms with E-state index in [4.69, 9.17) is 9.47 Å². The molecule has 0 aliphatic carbocycles. The molecule has 0 radical (unpaired) electrons. The normalized spacial score (nSPS) is 13.6. The Labute approximate surface area is 211 Å². The van der Waals surface area contributed by atoms with Crippen LogP contribution in [0.2, 0.25) is 0 Å². The average Bonchev–Trinajstić information content (AvgIpc) is 2.77. The summed E-state index contributed by atoms with van der Waals surface area (Å²) in [7, 11) is 0. The van der Waals surface area contributed by atoms with Gasteiger partial charge in [-0.15, -0.1) is 0 Å². The monoisotopic (exact) mass is 507 g/mol. The van der Waals surface area contributed by atoms with Crippen molar-refractivity contribution in [3.63, 3.8) is 0 Å². The van der Waals surface area contributed by atoms with Gasteiger partial charge in [0.1, 0.15) is 30.3 Å².